The van der Waals surface area contributed by atoms with Gasteiger partial charge in [0, 0.05) is 16.0 Å². The Morgan fingerprint density at radius 3 is 2.44 bits per heavy atom. The molecule has 5 nitrogen and oxygen atoms in total. The average Bonchev–Trinajstić information content (AvgIpc) is 3.36. The number of esters is 1. The molecule has 1 aliphatic rings. The largest absolute Gasteiger partial charge is 0.486 e. The molecule has 3 atom stereocenters. The number of benzene rings is 3. The number of nitrogens with zero attached hydrogens (tertiary/aromatic N) is 1. The van der Waals surface area contributed by atoms with E-state index in [4.69, 9.17) is 25.8 Å². The smallest absolute Gasteiger partial charge is 0.315 e. The zero-order valence-electron chi connectivity index (χ0n) is 18.3. The second-order valence-electron chi connectivity index (χ2n) is 8.46. The highest BCUT2D eigenvalue weighted by Crippen LogP contribution is 2.55. The molecule has 0 spiro atoms. The fraction of sp³-hybridized carbons (Fsp3) is 0.231. The van der Waals surface area contributed by atoms with Gasteiger partial charge in [-0.1, -0.05) is 49.7 Å². The van der Waals surface area contributed by atoms with Crippen molar-refractivity contribution in [3.8, 4) is 23.3 Å². The lowest BCUT2D eigenvalue weighted by Gasteiger charge is -2.14. The standard InChI is InChI=1S/C26H20ClF2NO4/c1-26(2)23(24(26)33-20-11-9-16(27)13-19(20)29)25(31)34-22(14-30)15-8-10-18(28)21(12-15)32-17-6-4-3-5-7-17/h3-13,22-24H,1-2H3. The molecule has 34 heavy (non-hydrogen) atoms. The van der Waals surface area contributed by atoms with Crippen LogP contribution in [0.4, 0.5) is 8.78 Å². The van der Waals surface area contributed by atoms with Crippen molar-refractivity contribution < 1.29 is 27.8 Å². The first-order valence-corrected chi connectivity index (χ1v) is 10.8. The lowest BCUT2D eigenvalue weighted by atomic mass is 10.1. The minimum Gasteiger partial charge on any atom is -0.486 e. The Morgan fingerprint density at radius 1 is 1.03 bits per heavy atom. The number of carbonyl (C=O) groups is 1. The van der Waals surface area contributed by atoms with Crippen LogP contribution in [-0.2, 0) is 9.53 Å². The van der Waals surface area contributed by atoms with Gasteiger partial charge in [-0.25, -0.2) is 8.78 Å². The van der Waals surface area contributed by atoms with Crippen molar-refractivity contribution in [3.05, 3.63) is 89.0 Å². The van der Waals surface area contributed by atoms with Crippen LogP contribution in [0.3, 0.4) is 0 Å². The quantitative estimate of drug-likeness (QED) is 0.353. The SMILES string of the molecule is CC1(C)C(Oc2ccc(Cl)cc2F)C1C(=O)OC(C#N)c1ccc(F)c(Oc2ccccc2)c1. The third kappa shape index (κ3) is 4.82. The summed E-state index contributed by atoms with van der Waals surface area (Å²) < 4.78 is 45.1. The van der Waals surface area contributed by atoms with Crippen LogP contribution in [0.15, 0.2) is 66.7 Å². The lowest BCUT2D eigenvalue weighted by molar-refractivity contribution is -0.149. The van der Waals surface area contributed by atoms with Gasteiger partial charge in [0.1, 0.15) is 23.8 Å². The molecule has 0 amide bonds. The molecule has 0 N–H and O–H groups in total. The Bertz CT molecular complexity index is 1260. The zero-order valence-corrected chi connectivity index (χ0v) is 19.1. The van der Waals surface area contributed by atoms with Crippen LogP contribution in [0.25, 0.3) is 0 Å². The molecular formula is C26H20ClF2NO4. The Labute approximate surface area is 200 Å². The van der Waals surface area contributed by atoms with Gasteiger partial charge in [0.15, 0.2) is 23.1 Å². The topological polar surface area (TPSA) is 68.5 Å². The van der Waals surface area contributed by atoms with Gasteiger partial charge in [0.25, 0.3) is 0 Å². The van der Waals surface area contributed by atoms with E-state index in [9.17, 15) is 18.8 Å². The van der Waals surface area contributed by atoms with Crippen molar-refractivity contribution in [1.82, 2.24) is 0 Å². The maximum atomic E-state index is 14.3. The van der Waals surface area contributed by atoms with Crippen molar-refractivity contribution >= 4 is 17.6 Å². The summed E-state index contributed by atoms with van der Waals surface area (Å²) in [5.74, 6) is -2.39. The van der Waals surface area contributed by atoms with Crippen LogP contribution in [0, 0.1) is 34.3 Å². The molecule has 3 unspecified atom stereocenters. The summed E-state index contributed by atoms with van der Waals surface area (Å²) in [6.45, 7) is 3.56. The Morgan fingerprint density at radius 2 is 1.76 bits per heavy atom. The Hall–Kier alpha value is -3.63. The molecule has 0 saturated heterocycles. The second-order valence-corrected chi connectivity index (χ2v) is 8.90. The first kappa shape index (κ1) is 23.5. The van der Waals surface area contributed by atoms with Gasteiger partial charge >= 0.3 is 5.97 Å². The summed E-state index contributed by atoms with van der Waals surface area (Å²) in [7, 11) is 0. The molecule has 0 radical (unpaired) electrons. The van der Waals surface area contributed by atoms with Crippen molar-refractivity contribution in [3.63, 3.8) is 0 Å². The highest BCUT2D eigenvalue weighted by atomic mass is 35.5. The predicted octanol–water partition coefficient (Wildman–Crippen LogP) is 6.62. The third-order valence-electron chi connectivity index (χ3n) is 5.71. The first-order valence-electron chi connectivity index (χ1n) is 10.4. The van der Waals surface area contributed by atoms with Gasteiger partial charge in [0.05, 0.1) is 0 Å². The Kier molecular flexibility index (Phi) is 6.45. The summed E-state index contributed by atoms with van der Waals surface area (Å²) in [5, 5.41) is 9.84. The summed E-state index contributed by atoms with van der Waals surface area (Å²) in [5.41, 5.74) is -0.393. The van der Waals surface area contributed by atoms with Gasteiger partial charge in [-0.15, -0.1) is 0 Å². The van der Waals surface area contributed by atoms with E-state index in [2.05, 4.69) is 0 Å². The molecule has 3 aromatic carbocycles. The molecule has 1 saturated carbocycles. The monoisotopic (exact) mass is 483 g/mol. The van der Waals surface area contributed by atoms with Crippen molar-refractivity contribution in [2.75, 3.05) is 0 Å². The molecule has 0 heterocycles. The van der Waals surface area contributed by atoms with E-state index in [1.807, 2.05) is 6.07 Å². The summed E-state index contributed by atoms with van der Waals surface area (Å²) in [6, 6.07) is 18.3. The first-order chi connectivity index (χ1) is 16.2. The van der Waals surface area contributed by atoms with Crippen molar-refractivity contribution in [1.29, 1.82) is 5.26 Å². The number of hydrogen-bond acceptors (Lipinski definition) is 5. The fourth-order valence-corrected chi connectivity index (χ4v) is 3.84. The lowest BCUT2D eigenvalue weighted by Crippen LogP contribution is -2.16. The molecular weight excluding hydrogens is 464 g/mol. The fourth-order valence-electron chi connectivity index (χ4n) is 3.68. The van der Waals surface area contributed by atoms with Crippen molar-refractivity contribution in [2.45, 2.75) is 26.1 Å². The van der Waals surface area contributed by atoms with Crippen LogP contribution >= 0.6 is 11.6 Å². The molecule has 8 heteroatoms. The van der Waals surface area contributed by atoms with Gasteiger partial charge in [-0.3, -0.25) is 4.79 Å². The van der Waals surface area contributed by atoms with E-state index in [1.165, 1.54) is 24.3 Å². The van der Waals surface area contributed by atoms with Gasteiger partial charge in [-0.05, 0) is 42.5 Å². The van der Waals surface area contributed by atoms with Gasteiger partial charge < -0.3 is 14.2 Å². The maximum absolute atomic E-state index is 14.3. The summed E-state index contributed by atoms with van der Waals surface area (Å²) in [6.07, 6.45) is -1.95. The molecule has 1 fully saturated rings. The van der Waals surface area contributed by atoms with Crippen molar-refractivity contribution in [2.24, 2.45) is 11.3 Å². The summed E-state index contributed by atoms with van der Waals surface area (Å²) >= 11 is 5.77. The van der Waals surface area contributed by atoms with E-state index in [1.54, 1.807) is 44.2 Å². The maximum Gasteiger partial charge on any atom is 0.315 e. The number of para-hydroxylation sites is 1. The highest BCUT2D eigenvalue weighted by molar-refractivity contribution is 6.30. The van der Waals surface area contributed by atoms with Crippen LogP contribution in [0.2, 0.25) is 5.02 Å². The van der Waals surface area contributed by atoms with E-state index < -0.39 is 41.1 Å². The minimum atomic E-state index is -1.30. The van der Waals surface area contributed by atoms with Crippen LogP contribution in [-0.4, -0.2) is 12.1 Å². The molecule has 0 aliphatic heterocycles. The van der Waals surface area contributed by atoms with E-state index in [0.29, 0.717) is 5.75 Å². The molecule has 174 valence electrons. The van der Waals surface area contributed by atoms with E-state index >= 15 is 0 Å². The van der Waals surface area contributed by atoms with Gasteiger partial charge in [0.2, 0.25) is 6.10 Å². The predicted molar refractivity (Wildman–Crippen MR) is 120 cm³/mol. The van der Waals surface area contributed by atoms with E-state index in [-0.39, 0.29) is 22.1 Å². The number of halogens is 3. The molecule has 3 aromatic rings. The molecule has 1 aliphatic carbocycles. The molecule has 0 bridgehead atoms. The number of ether oxygens (including phenoxy) is 3. The second kappa shape index (κ2) is 9.32. The van der Waals surface area contributed by atoms with Crippen LogP contribution in [0.1, 0.15) is 25.5 Å². The third-order valence-corrected chi connectivity index (χ3v) is 5.95. The minimum absolute atomic E-state index is 0.0316. The highest BCUT2D eigenvalue weighted by Gasteiger charge is 2.66. The number of hydrogen-bond donors (Lipinski definition) is 0. The summed E-state index contributed by atoms with van der Waals surface area (Å²) in [4.78, 5) is 12.9. The molecule has 4 rings (SSSR count). The zero-order chi connectivity index (χ0) is 24.5. The number of rotatable bonds is 7. The number of carbonyl (C=O) groups excluding carboxylic acids is 1. The number of nitriles is 1. The van der Waals surface area contributed by atoms with Crippen LogP contribution < -0.4 is 9.47 Å². The van der Waals surface area contributed by atoms with E-state index in [0.717, 1.165) is 12.1 Å². The Balaban J connectivity index is 1.47. The van der Waals surface area contributed by atoms with Crippen LogP contribution in [0.5, 0.6) is 17.2 Å². The average molecular weight is 484 g/mol. The van der Waals surface area contributed by atoms with Gasteiger partial charge in [-0.2, -0.15) is 5.26 Å². The normalized spacial score (nSPS) is 18.9. The molecule has 0 aromatic heterocycles.